The van der Waals surface area contributed by atoms with Crippen molar-refractivity contribution in [2.24, 2.45) is 0 Å². The molecule has 1 aromatic carbocycles. The Bertz CT molecular complexity index is 459. The minimum atomic E-state index is -1.09. The lowest BCUT2D eigenvalue weighted by Gasteiger charge is -2.02. The lowest BCUT2D eigenvalue weighted by molar-refractivity contribution is -0.139. The fourth-order valence-corrected chi connectivity index (χ4v) is 1.39. The first-order valence-electron chi connectivity index (χ1n) is 4.51. The quantitative estimate of drug-likeness (QED) is 0.701. The molecule has 5 nitrogen and oxygen atoms in total. The molecule has 0 bridgehead atoms. The third kappa shape index (κ3) is 1.97. The fraction of sp³-hybridized carbons (Fsp3) is 0.200. The number of rotatable bonds is 3. The van der Waals surface area contributed by atoms with Crippen LogP contribution in [0, 0.1) is 0 Å². The van der Waals surface area contributed by atoms with Crippen LogP contribution in [0.5, 0.6) is 0 Å². The molecule has 0 fully saturated rings. The number of benzene rings is 1. The van der Waals surface area contributed by atoms with Gasteiger partial charge in [0.05, 0.1) is 17.5 Å². The zero-order chi connectivity index (χ0) is 10.8. The Balaban J connectivity index is 2.32. The van der Waals surface area contributed by atoms with Crippen molar-refractivity contribution in [2.45, 2.75) is 12.5 Å². The van der Waals surface area contributed by atoms with Crippen molar-refractivity contribution >= 4 is 17.0 Å². The minimum absolute atomic E-state index is 0.290. The molecular weight excluding hydrogens is 196 g/mol. The molecule has 0 unspecified atom stereocenters. The second-order valence-electron chi connectivity index (χ2n) is 3.25. The number of hydrogen-bond donors (Lipinski definition) is 3. The van der Waals surface area contributed by atoms with Crippen molar-refractivity contribution in [3.05, 3.63) is 30.1 Å². The highest BCUT2D eigenvalue weighted by Gasteiger charge is 2.15. The van der Waals surface area contributed by atoms with E-state index in [-0.39, 0.29) is 6.42 Å². The number of carboxylic acid groups (broad SMARTS) is 1. The Morgan fingerprint density at radius 3 is 2.87 bits per heavy atom. The molecule has 1 atom stereocenters. The number of aromatic amines is 1. The molecule has 15 heavy (non-hydrogen) atoms. The van der Waals surface area contributed by atoms with Crippen LogP contribution < -0.4 is 0 Å². The van der Waals surface area contributed by atoms with Crippen molar-refractivity contribution in [1.82, 2.24) is 9.97 Å². The summed E-state index contributed by atoms with van der Waals surface area (Å²) in [6, 6.07) is 7.28. The van der Waals surface area contributed by atoms with Crippen molar-refractivity contribution in [2.75, 3.05) is 0 Å². The van der Waals surface area contributed by atoms with Crippen molar-refractivity contribution in [3.63, 3.8) is 0 Å². The standard InChI is InChI=1S/C10H10N2O3/c13-8(5-9(14)15)10-11-6-3-1-2-4-7(6)12-10/h1-4,8,13H,5H2,(H,11,12)(H,14,15)/t8-/m1/s1. The molecule has 0 saturated carbocycles. The van der Waals surface area contributed by atoms with Gasteiger partial charge in [-0.05, 0) is 12.1 Å². The molecule has 0 spiro atoms. The lowest BCUT2D eigenvalue weighted by atomic mass is 10.2. The average Bonchev–Trinajstić information content (AvgIpc) is 2.59. The number of aromatic nitrogens is 2. The predicted octanol–water partition coefficient (Wildman–Crippen LogP) is 1.07. The number of fused-ring (bicyclic) bond motifs is 1. The van der Waals surface area contributed by atoms with Crippen LogP contribution >= 0.6 is 0 Å². The van der Waals surface area contributed by atoms with E-state index in [4.69, 9.17) is 5.11 Å². The molecule has 0 saturated heterocycles. The molecule has 0 aliphatic carbocycles. The van der Waals surface area contributed by atoms with Crippen molar-refractivity contribution in [1.29, 1.82) is 0 Å². The van der Waals surface area contributed by atoms with E-state index in [0.29, 0.717) is 5.82 Å². The largest absolute Gasteiger partial charge is 0.481 e. The van der Waals surface area contributed by atoms with Crippen LogP contribution in [0.2, 0.25) is 0 Å². The molecule has 0 amide bonds. The zero-order valence-electron chi connectivity index (χ0n) is 7.84. The number of nitrogens with one attached hydrogen (secondary N) is 1. The maximum Gasteiger partial charge on any atom is 0.306 e. The van der Waals surface area contributed by atoms with Gasteiger partial charge in [-0.25, -0.2) is 4.98 Å². The van der Waals surface area contributed by atoms with E-state index in [2.05, 4.69) is 9.97 Å². The van der Waals surface area contributed by atoms with E-state index in [1.54, 1.807) is 6.07 Å². The molecule has 78 valence electrons. The smallest absolute Gasteiger partial charge is 0.306 e. The summed E-state index contributed by atoms with van der Waals surface area (Å²) in [6.45, 7) is 0. The lowest BCUT2D eigenvalue weighted by Crippen LogP contribution is -2.06. The molecule has 0 radical (unpaired) electrons. The normalized spacial score (nSPS) is 12.9. The Morgan fingerprint density at radius 1 is 1.47 bits per heavy atom. The summed E-state index contributed by atoms with van der Waals surface area (Å²) in [5, 5.41) is 18.0. The van der Waals surface area contributed by atoms with Gasteiger partial charge in [-0.3, -0.25) is 4.79 Å². The second kappa shape index (κ2) is 3.70. The van der Waals surface area contributed by atoms with Gasteiger partial charge >= 0.3 is 5.97 Å². The molecule has 5 heteroatoms. The number of carboxylic acids is 1. The topological polar surface area (TPSA) is 86.2 Å². The molecule has 1 heterocycles. The van der Waals surface area contributed by atoms with E-state index in [9.17, 15) is 9.90 Å². The summed E-state index contributed by atoms with van der Waals surface area (Å²) >= 11 is 0. The number of aliphatic hydroxyl groups is 1. The SMILES string of the molecule is O=C(O)C[C@@H](O)c1nc2ccccc2[nH]1. The first-order chi connectivity index (χ1) is 7.16. The average molecular weight is 206 g/mol. The molecule has 2 rings (SSSR count). The van der Waals surface area contributed by atoms with Crippen LogP contribution in [-0.2, 0) is 4.79 Å². The van der Waals surface area contributed by atoms with Gasteiger partial charge < -0.3 is 15.2 Å². The number of aliphatic hydroxyl groups excluding tert-OH is 1. The second-order valence-corrected chi connectivity index (χ2v) is 3.25. The minimum Gasteiger partial charge on any atom is -0.481 e. The molecule has 0 aliphatic rings. The zero-order valence-corrected chi connectivity index (χ0v) is 7.84. The maximum absolute atomic E-state index is 10.4. The number of imidazole rings is 1. The molecular formula is C10H10N2O3. The summed E-state index contributed by atoms with van der Waals surface area (Å²) in [6.07, 6.45) is -1.44. The van der Waals surface area contributed by atoms with Crippen LogP contribution in [0.15, 0.2) is 24.3 Å². The van der Waals surface area contributed by atoms with Crippen LogP contribution in [-0.4, -0.2) is 26.2 Å². The third-order valence-electron chi connectivity index (χ3n) is 2.09. The molecule has 3 N–H and O–H groups in total. The summed E-state index contributed by atoms with van der Waals surface area (Å²) in [4.78, 5) is 17.4. The van der Waals surface area contributed by atoms with Gasteiger partial charge in [0.2, 0.25) is 0 Å². The first kappa shape index (κ1) is 9.67. The molecule has 2 aromatic rings. The highest BCUT2D eigenvalue weighted by Crippen LogP contribution is 2.17. The van der Waals surface area contributed by atoms with E-state index in [0.717, 1.165) is 11.0 Å². The predicted molar refractivity (Wildman–Crippen MR) is 53.3 cm³/mol. The summed E-state index contributed by atoms with van der Waals surface area (Å²) in [5.41, 5.74) is 1.51. The summed E-state index contributed by atoms with van der Waals surface area (Å²) < 4.78 is 0. The van der Waals surface area contributed by atoms with E-state index in [1.807, 2.05) is 18.2 Å². The van der Waals surface area contributed by atoms with E-state index >= 15 is 0 Å². The van der Waals surface area contributed by atoms with Gasteiger partial charge in [-0.15, -0.1) is 0 Å². The number of H-pyrrole nitrogens is 1. The van der Waals surface area contributed by atoms with Crippen LogP contribution in [0.3, 0.4) is 0 Å². The maximum atomic E-state index is 10.4. The summed E-state index contributed by atoms with van der Waals surface area (Å²) in [7, 11) is 0. The van der Waals surface area contributed by atoms with Crippen LogP contribution in [0.1, 0.15) is 18.3 Å². The van der Waals surface area contributed by atoms with Crippen molar-refractivity contribution < 1.29 is 15.0 Å². The molecule has 1 aromatic heterocycles. The number of para-hydroxylation sites is 2. The van der Waals surface area contributed by atoms with Gasteiger partial charge in [0, 0.05) is 0 Å². The fourth-order valence-electron chi connectivity index (χ4n) is 1.39. The Labute approximate surface area is 85.4 Å². The number of nitrogens with zero attached hydrogens (tertiary/aromatic N) is 1. The Kier molecular flexibility index (Phi) is 2.39. The monoisotopic (exact) mass is 206 g/mol. The summed E-state index contributed by atoms with van der Waals surface area (Å²) in [5.74, 6) is -0.762. The van der Waals surface area contributed by atoms with Crippen molar-refractivity contribution in [3.8, 4) is 0 Å². The highest BCUT2D eigenvalue weighted by molar-refractivity contribution is 5.75. The Hall–Kier alpha value is -1.88. The highest BCUT2D eigenvalue weighted by atomic mass is 16.4. The van der Waals surface area contributed by atoms with E-state index < -0.39 is 12.1 Å². The van der Waals surface area contributed by atoms with Crippen LogP contribution in [0.4, 0.5) is 0 Å². The number of hydrogen-bond acceptors (Lipinski definition) is 3. The number of aliphatic carboxylic acids is 1. The third-order valence-corrected chi connectivity index (χ3v) is 2.09. The number of carbonyl (C=O) groups is 1. The van der Waals surface area contributed by atoms with Gasteiger partial charge in [0.1, 0.15) is 11.9 Å². The van der Waals surface area contributed by atoms with Gasteiger partial charge in [0.25, 0.3) is 0 Å². The van der Waals surface area contributed by atoms with E-state index in [1.165, 1.54) is 0 Å². The van der Waals surface area contributed by atoms with Gasteiger partial charge in [0.15, 0.2) is 0 Å². The van der Waals surface area contributed by atoms with Gasteiger partial charge in [-0.2, -0.15) is 0 Å². The Morgan fingerprint density at radius 2 is 2.20 bits per heavy atom. The van der Waals surface area contributed by atoms with Crippen LogP contribution in [0.25, 0.3) is 11.0 Å². The van der Waals surface area contributed by atoms with Gasteiger partial charge in [-0.1, -0.05) is 12.1 Å². The molecule has 0 aliphatic heterocycles. The first-order valence-corrected chi connectivity index (χ1v) is 4.51.